The molecule has 0 radical (unpaired) electrons. The zero-order valence-electron chi connectivity index (χ0n) is 10.2. The van der Waals surface area contributed by atoms with Gasteiger partial charge in [-0.3, -0.25) is 4.79 Å². The summed E-state index contributed by atoms with van der Waals surface area (Å²) < 4.78 is 0. The van der Waals surface area contributed by atoms with E-state index in [1.54, 1.807) is 0 Å². The number of nitrogens with one attached hydrogen (secondary N) is 1. The minimum absolute atomic E-state index is 0.0300. The molecule has 0 aromatic heterocycles. The highest BCUT2D eigenvalue weighted by molar-refractivity contribution is 6.18. The third-order valence-electron chi connectivity index (χ3n) is 2.51. The van der Waals surface area contributed by atoms with Crippen LogP contribution in [-0.4, -0.2) is 31.9 Å². The zero-order chi connectivity index (χ0) is 12.5. The molecule has 1 aromatic carbocycles. The van der Waals surface area contributed by atoms with Crippen molar-refractivity contribution in [3.63, 3.8) is 0 Å². The van der Waals surface area contributed by atoms with Crippen molar-refractivity contribution in [1.82, 2.24) is 5.32 Å². The first-order valence-electron chi connectivity index (χ1n) is 5.83. The third kappa shape index (κ3) is 5.59. The molecule has 17 heavy (non-hydrogen) atoms. The van der Waals surface area contributed by atoms with Gasteiger partial charge in [0.1, 0.15) is 0 Å². The number of alkyl halides is 1. The normalized spacial score (nSPS) is 10.0. The van der Waals surface area contributed by atoms with Gasteiger partial charge in [0, 0.05) is 38.1 Å². The second-order valence-corrected chi connectivity index (χ2v) is 4.28. The Morgan fingerprint density at radius 3 is 2.71 bits per heavy atom. The van der Waals surface area contributed by atoms with E-state index >= 15 is 0 Å². The summed E-state index contributed by atoms with van der Waals surface area (Å²) in [4.78, 5) is 13.3. The number of nitrogens with zero attached hydrogens (tertiary/aromatic N) is 1. The topological polar surface area (TPSA) is 32.3 Å². The molecule has 0 unspecified atom stereocenters. The van der Waals surface area contributed by atoms with Crippen LogP contribution in [0.15, 0.2) is 30.3 Å². The van der Waals surface area contributed by atoms with Crippen molar-refractivity contribution in [2.24, 2.45) is 0 Å². The lowest BCUT2D eigenvalue weighted by Crippen LogP contribution is -2.28. The lowest BCUT2D eigenvalue weighted by Gasteiger charge is -2.19. The first kappa shape index (κ1) is 13.8. The van der Waals surface area contributed by atoms with Crippen LogP contribution in [0.1, 0.15) is 12.8 Å². The van der Waals surface area contributed by atoms with Crippen LogP contribution in [0, 0.1) is 0 Å². The molecular formula is C13H19ClN2O. The standard InChI is InChI=1S/C13H19ClN2O/c1-16(12-6-3-2-4-7-12)11-5-10-15-13(17)8-9-14/h2-4,6-7H,5,8-11H2,1H3,(H,15,17). The van der Waals surface area contributed by atoms with Crippen LogP contribution in [0.4, 0.5) is 5.69 Å². The summed E-state index contributed by atoms with van der Waals surface area (Å²) in [6, 6.07) is 10.2. The largest absolute Gasteiger partial charge is 0.375 e. The van der Waals surface area contributed by atoms with Gasteiger partial charge < -0.3 is 10.2 Å². The molecule has 0 saturated carbocycles. The van der Waals surface area contributed by atoms with Crippen LogP contribution in [-0.2, 0) is 4.79 Å². The Balaban J connectivity index is 2.17. The molecule has 4 heteroatoms. The number of amides is 1. The Hall–Kier alpha value is -1.22. The van der Waals surface area contributed by atoms with E-state index in [1.807, 2.05) is 18.2 Å². The summed E-state index contributed by atoms with van der Waals surface area (Å²) in [7, 11) is 2.05. The number of hydrogen-bond acceptors (Lipinski definition) is 2. The van der Waals surface area contributed by atoms with Gasteiger partial charge in [0.25, 0.3) is 0 Å². The summed E-state index contributed by atoms with van der Waals surface area (Å²) >= 11 is 5.47. The minimum Gasteiger partial charge on any atom is -0.375 e. The Kier molecular flexibility index (Phi) is 6.48. The van der Waals surface area contributed by atoms with E-state index in [9.17, 15) is 4.79 Å². The molecule has 0 heterocycles. The van der Waals surface area contributed by atoms with E-state index < -0.39 is 0 Å². The molecule has 1 aromatic rings. The zero-order valence-corrected chi connectivity index (χ0v) is 10.9. The van der Waals surface area contributed by atoms with Gasteiger partial charge in [-0.2, -0.15) is 0 Å². The van der Waals surface area contributed by atoms with E-state index in [-0.39, 0.29) is 5.91 Å². The van der Waals surface area contributed by atoms with Crippen molar-refractivity contribution < 1.29 is 4.79 Å². The SMILES string of the molecule is CN(CCCNC(=O)CCCl)c1ccccc1. The maximum Gasteiger partial charge on any atom is 0.221 e. The van der Waals surface area contributed by atoms with Crippen molar-refractivity contribution in [3.05, 3.63) is 30.3 Å². The fourth-order valence-corrected chi connectivity index (χ4v) is 1.70. The van der Waals surface area contributed by atoms with Crippen LogP contribution in [0.5, 0.6) is 0 Å². The maximum atomic E-state index is 11.1. The van der Waals surface area contributed by atoms with Gasteiger partial charge in [0.15, 0.2) is 0 Å². The van der Waals surface area contributed by atoms with Gasteiger partial charge in [-0.15, -0.1) is 11.6 Å². The number of rotatable bonds is 7. The molecule has 0 aliphatic rings. The third-order valence-corrected chi connectivity index (χ3v) is 2.70. The molecular weight excluding hydrogens is 236 g/mol. The van der Waals surface area contributed by atoms with E-state index in [2.05, 4.69) is 29.4 Å². The van der Waals surface area contributed by atoms with Gasteiger partial charge in [-0.05, 0) is 18.6 Å². The number of anilines is 1. The predicted octanol–water partition coefficient (Wildman–Crippen LogP) is 2.26. The Morgan fingerprint density at radius 1 is 1.35 bits per heavy atom. The first-order valence-corrected chi connectivity index (χ1v) is 6.36. The fourth-order valence-electron chi connectivity index (χ4n) is 1.53. The molecule has 1 rings (SSSR count). The number of hydrogen-bond donors (Lipinski definition) is 1. The average molecular weight is 255 g/mol. The highest BCUT2D eigenvalue weighted by Crippen LogP contribution is 2.10. The molecule has 0 bridgehead atoms. The lowest BCUT2D eigenvalue weighted by atomic mass is 10.3. The molecule has 0 atom stereocenters. The van der Waals surface area contributed by atoms with Crippen molar-refractivity contribution >= 4 is 23.2 Å². The van der Waals surface area contributed by atoms with Crippen molar-refractivity contribution in [3.8, 4) is 0 Å². The van der Waals surface area contributed by atoms with Crippen LogP contribution >= 0.6 is 11.6 Å². The van der Waals surface area contributed by atoms with E-state index in [1.165, 1.54) is 5.69 Å². The van der Waals surface area contributed by atoms with Crippen molar-refractivity contribution in [2.45, 2.75) is 12.8 Å². The number of halogens is 1. The van der Waals surface area contributed by atoms with Gasteiger partial charge in [-0.25, -0.2) is 0 Å². The van der Waals surface area contributed by atoms with E-state index in [0.717, 1.165) is 13.0 Å². The lowest BCUT2D eigenvalue weighted by molar-refractivity contribution is -0.120. The minimum atomic E-state index is 0.0300. The molecule has 1 amide bonds. The Bertz CT molecular complexity index is 329. The molecule has 0 aliphatic carbocycles. The number of carbonyl (C=O) groups is 1. The van der Waals surface area contributed by atoms with Gasteiger partial charge in [-0.1, -0.05) is 18.2 Å². The monoisotopic (exact) mass is 254 g/mol. The summed E-state index contributed by atoms with van der Waals surface area (Å²) in [5.41, 5.74) is 1.19. The van der Waals surface area contributed by atoms with Crippen molar-refractivity contribution in [2.75, 3.05) is 30.9 Å². The fraction of sp³-hybridized carbons (Fsp3) is 0.462. The van der Waals surface area contributed by atoms with Crippen LogP contribution in [0.2, 0.25) is 0 Å². The van der Waals surface area contributed by atoms with Gasteiger partial charge >= 0.3 is 0 Å². The molecule has 3 nitrogen and oxygen atoms in total. The molecule has 94 valence electrons. The van der Waals surface area contributed by atoms with Crippen LogP contribution in [0.3, 0.4) is 0 Å². The van der Waals surface area contributed by atoms with E-state index in [4.69, 9.17) is 11.6 Å². The molecule has 0 spiro atoms. The number of para-hydroxylation sites is 1. The van der Waals surface area contributed by atoms with Crippen LogP contribution < -0.4 is 10.2 Å². The smallest absolute Gasteiger partial charge is 0.221 e. The van der Waals surface area contributed by atoms with Gasteiger partial charge in [0.05, 0.1) is 0 Å². The predicted molar refractivity (Wildman–Crippen MR) is 72.7 cm³/mol. The number of benzene rings is 1. The summed E-state index contributed by atoms with van der Waals surface area (Å²) in [6.07, 6.45) is 1.33. The Labute approximate surface area is 108 Å². The average Bonchev–Trinajstić information content (AvgIpc) is 2.36. The van der Waals surface area contributed by atoms with Gasteiger partial charge in [0.2, 0.25) is 5.91 Å². The van der Waals surface area contributed by atoms with E-state index in [0.29, 0.717) is 18.8 Å². The first-order chi connectivity index (χ1) is 8.24. The molecule has 0 saturated heterocycles. The summed E-state index contributed by atoms with van der Waals surface area (Å²) in [5.74, 6) is 0.415. The highest BCUT2D eigenvalue weighted by atomic mass is 35.5. The summed E-state index contributed by atoms with van der Waals surface area (Å²) in [5, 5.41) is 2.84. The quantitative estimate of drug-likeness (QED) is 0.598. The summed E-state index contributed by atoms with van der Waals surface area (Å²) in [6.45, 7) is 1.62. The Morgan fingerprint density at radius 2 is 2.06 bits per heavy atom. The second-order valence-electron chi connectivity index (χ2n) is 3.90. The second kappa shape index (κ2) is 7.96. The molecule has 0 aliphatic heterocycles. The molecule has 0 fully saturated rings. The highest BCUT2D eigenvalue weighted by Gasteiger charge is 2.01. The van der Waals surface area contributed by atoms with Crippen molar-refractivity contribution in [1.29, 1.82) is 0 Å². The molecule has 1 N–H and O–H groups in total. The maximum absolute atomic E-state index is 11.1. The van der Waals surface area contributed by atoms with Crippen LogP contribution in [0.25, 0.3) is 0 Å². The number of carbonyl (C=O) groups excluding carboxylic acids is 1.